The van der Waals surface area contributed by atoms with E-state index in [0.29, 0.717) is 37.7 Å². The summed E-state index contributed by atoms with van der Waals surface area (Å²) in [6.07, 6.45) is 0.195. The number of rotatable bonds is 3. The molecule has 0 spiro atoms. The normalized spacial score (nSPS) is 21.4. The minimum atomic E-state index is -2.67. The average Bonchev–Trinajstić information content (AvgIpc) is 2.87. The Morgan fingerprint density at radius 3 is 2.52 bits per heavy atom. The molecule has 1 saturated heterocycles. The number of anilines is 1. The van der Waals surface area contributed by atoms with E-state index in [2.05, 4.69) is 15.3 Å². The first kappa shape index (κ1) is 17.7. The van der Waals surface area contributed by atoms with E-state index in [4.69, 9.17) is 5.11 Å². The molecule has 2 aliphatic rings. The monoisotopic (exact) mass is 371 g/mol. The number of nitrogens with zero attached hydrogens (tertiary/aromatic N) is 4. The summed E-state index contributed by atoms with van der Waals surface area (Å²) in [7, 11) is -2.67. The first-order chi connectivity index (χ1) is 11.8. The molecule has 3 heterocycles. The number of hydrogen-bond acceptors (Lipinski definition) is 7. The predicted molar refractivity (Wildman–Crippen MR) is 91.7 cm³/mol. The number of nitrogens with one attached hydrogen (secondary N) is 1. The minimum Gasteiger partial charge on any atom is -0.465 e. The summed E-state index contributed by atoms with van der Waals surface area (Å²) in [6.45, 7) is 3.48. The lowest BCUT2D eigenvalue weighted by Gasteiger charge is -2.37. The van der Waals surface area contributed by atoms with Crippen molar-refractivity contribution in [2.45, 2.75) is 24.5 Å². The second-order valence-corrected chi connectivity index (χ2v) is 8.38. The summed E-state index contributed by atoms with van der Waals surface area (Å²) in [6, 6.07) is -0.791. The number of fused-ring (bicyclic) bond motifs is 1. The van der Waals surface area contributed by atoms with Crippen LogP contribution in [-0.4, -0.2) is 73.3 Å². The number of carbonyl (C=O) groups is 2. The molecule has 0 aromatic carbocycles. The van der Waals surface area contributed by atoms with Crippen molar-refractivity contribution < 1.29 is 23.8 Å². The van der Waals surface area contributed by atoms with E-state index in [-0.39, 0.29) is 17.4 Å². The third kappa shape index (κ3) is 3.78. The SMILES string of the molecule is CC(NC(=O)O)C(=O)N1CCN(c2ncnc3c2CS(O)(O)C3)CC1. The van der Waals surface area contributed by atoms with Gasteiger partial charge in [0, 0.05) is 31.7 Å². The maximum absolute atomic E-state index is 12.2. The van der Waals surface area contributed by atoms with Gasteiger partial charge in [-0.2, -0.15) is 10.6 Å². The second-order valence-electron chi connectivity index (χ2n) is 6.20. The first-order valence-corrected chi connectivity index (χ1v) is 9.75. The molecule has 10 nitrogen and oxygen atoms in total. The van der Waals surface area contributed by atoms with Gasteiger partial charge >= 0.3 is 6.09 Å². The van der Waals surface area contributed by atoms with Crippen LogP contribution < -0.4 is 10.2 Å². The van der Waals surface area contributed by atoms with E-state index < -0.39 is 22.7 Å². The van der Waals surface area contributed by atoms with Gasteiger partial charge in [0.25, 0.3) is 0 Å². The van der Waals surface area contributed by atoms with Gasteiger partial charge in [0.15, 0.2) is 0 Å². The molecule has 1 fully saturated rings. The fourth-order valence-corrected chi connectivity index (χ4v) is 4.69. The van der Waals surface area contributed by atoms with Gasteiger partial charge in [-0.3, -0.25) is 13.9 Å². The largest absolute Gasteiger partial charge is 0.465 e. The van der Waals surface area contributed by atoms with E-state index in [1.54, 1.807) is 4.90 Å². The van der Waals surface area contributed by atoms with E-state index in [9.17, 15) is 18.7 Å². The van der Waals surface area contributed by atoms with Crippen LogP contribution in [0.2, 0.25) is 0 Å². The highest BCUT2D eigenvalue weighted by Gasteiger charge is 2.33. The van der Waals surface area contributed by atoms with Gasteiger partial charge in [0.2, 0.25) is 5.91 Å². The minimum absolute atomic E-state index is 0.161. The topological polar surface area (TPSA) is 139 Å². The van der Waals surface area contributed by atoms with Crippen LogP contribution in [0, 0.1) is 0 Å². The van der Waals surface area contributed by atoms with Crippen molar-refractivity contribution in [2.75, 3.05) is 31.1 Å². The van der Waals surface area contributed by atoms with Crippen LogP contribution in [0.3, 0.4) is 0 Å². The molecule has 0 saturated carbocycles. The molecule has 1 atom stereocenters. The quantitative estimate of drug-likeness (QED) is 0.604. The fraction of sp³-hybridized carbons (Fsp3) is 0.571. The Morgan fingerprint density at radius 1 is 1.20 bits per heavy atom. The van der Waals surface area contributed by atoms with Crippen LogP contribution in [0.1, 0.15) is 18.2 Å². The fourth-order valence-electron chi connectivity index (χ4n) is 3.14. The number of hydrogen-bond donors (Lipinski definition) is 4. The molecule has 1 unspecified atom stereocenters. The smallest absolute Gasteiger partial charge is 0.405 e. The zero-order chi connectivity index (χ0) is 18.2. The van der Waals surface area contributed by atoms with Gasteiger partial charge in [-0.05, 0) is 6.92 Å². The Labute approximate surface area is 146 Å². The van der Waals surface area contributed by atoms with Crippen molar-refractivity contribution in [3.8, 4) is 0 Å². The molecule has 3 rings (SSSR count). The third-order valence-corrected chi connectivity index (χ3v) is 5.84. The van der Waals surface area contributed by atoms with E-state index >= 15 is 0 Å². The van der Waals surface area contributed by atoms with Gasteiger partial charge in [-0.25, -0.2) is 14.8 Å². The van der Waals surface area contributed by atoms with Gasteiger partial charge in [-0.1, -0.05) is 0 Å². The lowest BCUT2D eigenvalue weighted by Crippen LogP contribution is -2.54. The van der Waals surface area contributed by atoms with Gasteiger partial charge < -0.3 is 20.2 Å². The number of amides is 2. The molecular formula is C14H21N5O5S. The van der Waals surface area contributed by atoms with Gasteiger partial charge in [0.1, 0.15) is 18.2 Å². The highest BCUT2D eigenvalue weighted by molar-refractivity contribution is 8.23. The highest BCUT2D eigenvalue weighted by atomic mass is 32.3. The molecule has 138 valence electrons. The molecular weight excluding hydrogens is 350 g/mol. The van der Waals surface area contributed by atoms with Crippen molar-refractivity contribution in [1.82, 2.24) is 20.2 Å². The molecule has 4 N–H and O–H groups in total. The highest BCUT2D eigenvalue weighted by Crippen LogP contribution is 2.53. The molecule has 0 radical (unpaired) electrons. The summed E-state index contributed by atoms with van der Waals surface area (Å²) in [5.74, 6) is 0.752. The number of carbonyl (C=O) groups excluding carboxylic acids is 1. The van der Waals surface area contributed by atoms with Crippen LogP contribution in [0.25, 0.3) is 0 Å². The summed E-state index contributed by atoms with van der Waals surface area (Å²) < 4.78 is 19.9. The molecule has 2 amide bonds. The van der Waals surface area contributed by atoms with Crippen molar-refractivity contribution in [1.29, 1.82) is 0 Å². The van der Waals surface area contributed by atoms with E-state index in [1.807, 2.05) is 4.90 Å². The molecule has 0 bridgehead atoms. The number of carboxylic acid groups (broad SMARTS) is 1. The molecule has 1 aromatic heterocycles. The van der Waals surface area contributed by atoms with Crippen molar-refractivity contribution in [3.05, 3.63) is 17.6 Å². The summed E-state index contributed by atoms with van der Waals surface area (Å²) in [4.78, 5) is 34.9. The average molecular weight is 371 g/mol. The zero-order valence-electron chi connectivity index (χ0n) is 13.8. The Morgan fingerprint density at radius 2 is 1.88 bits per heavy atom. The standard InChI is InChI=1S/C14H21N5O5S/c1-9(17-14(21)22)13(20)19-4-2-18(3-5-19)12-10-6-25(23,24)7-11(10)15-8-16-12/h8-9,17,23-24H,2-7H2,1H3,(H,21,22). The molecule has 11 heteroatoms. The van der Waals surface area contributed by atoms with Crippen molar-refractivity contribution >= 4 is 28.4 Å². The zero-order valence-corrected chi connectivity index (χ0v) is 14.6. The van der Waals surface area contributed by atoms with Crippen LogP contribution in [0.5, 0.6) is 0 Å². The van der Waals surface area contributed by atoms with E-state index in [1.165, 1.54) is 13.3 Å². The first-order valence-electron chi connectivity index (χ1n) is 7.86. The van der Waals surface area contributed by atoms with Crippen LogP contribution in [0.15, 0.2) is 6.33 Å². The Balaban J connectivity index is 1.65. The number of aromatic nitrogens is 2. The second kappa shape index (κ2) is 6.65. The van der Waals surface area contributed by atoms with Crippen molar-refractivity contribution in [3.63, 3.8) is 0 Å². The Kier molecular flexibility index (Phi) is 4.71. The maximum Gasteiger partial charge on any atom is 0.405 e. The lowest BCUT2D eigenvalue weighted by molar-refractivity contribution is -0.133. The molecule has 0 aliphatic carbocycles. The maximum atomic E-state index is 12.2. The van der Waals surface area contributed by atoms with Gasteiger partial charge in [0.05, 0.1) is 17.2 Å². The van der Waals surface area contributed by atoms with Crippen LogP contribution >= 0.6 is 10.6 Å². The van der Waals surface area contributed by atoms with Gasteiger partial charge in [-0.15, -0.1) is 0 Å². The third-order valence-electron chi connectivity index (χ3n) is 4.36. The molecule has 1 aromatic rings. The summed E-state index contributed by atoms with van der Waals surface area (Å²) >= 11 is 0. The Bertz CT molecular complexity index is 692. The predicted octanol–water partition coefficient (Wildman–Crippen LogP) is 0.546. The molecule has 25 heavy (non-hydrogen) atoms. The van der Waals surface area contributed by atoms with Crippen LogP contribution in [0.4, 0.5) is 10.6 Å². The molecule has 2 aliphatic heterocycles. The number of piperazine rings is 1. The summed E-state index contributed by atoms with van der Waals surface area (Å²) in [5.41, 5.74) is 1.44. The van der Waals surface area contributed by atoms with Crippen molar-refractivity contribution in [2.24, 2.45) is 0 Å². The Hall–Kier alpha value is -2.11. The van der Waals surface area contributed by atoms with E-state index in [0.717, 1.165) is 5.56 Å². The van der Waals surface area contributed by atoms with Crippen LogP contribution in [-0.2, 0) is 16.3 Å². The lowest BCUT2D eigenvalue weighted by atomic mass is 10.2. The summed E-state index contributed by atoms with van der Waals surface area (Å²) in [5, 5.41) is 10.9.